The summed E-state index contributed by atoms with van der Waals surface area (Å²) < 4.78 is 0. The van der Waals surface area contributed by atoms with Crippen molar-refractivity contribution in [2.24, 2.45) is 0 Å². The number of nitrogens with zero attached hydrogens (tertiary/aromatic N) is 1. The van der Waals surface area contributed by atoms with Crippen LogP contribution >= 0.6 is 0 Å². The van der Waals surface area contributed by atoms with Gasteiger partial charge in [0.05, 0.1) is 11.8 Å². The van der Waals surface area contributed by atoms with Gasteiger partial charge in [0.2, 0.25) is 0 Å². The van der Waals surface area contributed by atoms with E-state index < -0.39 is 0 Å². The van der Waals surface area contributed by atoms with E-state index in [1.165, 1.54) is 19.3 Å². The second kappa shape index (κ2) is 4.47. The van der Waals surface area contributed by atoms with Gasteiger partial charge in [0, 0.05) is 11.7 Å². The highest BCUT2D eigenvalue weighted by Crippen LogP contribution is 2.17. The van der Waals surface area contributed by atoms with Gasteiger partial charge >= 0.3 is 0 Å². The summed E-state index contributed by atoms with van der Waals surface area (Å²) in [5.74, 6) is 0.00755. The number of hydrogen-bond acceptors (Lipinski definition) is 2. The number of hydrogen-bond donors (Lipinski definition) is 2. The molecule has 4 nitrogen and oxygen atoms in total. The van der Waals surface area contributed by atoms with Gasteiger partial charge in [-0.05, 0) is 19.8 Å². The molecule has 1 saturated carbocycles. The molecule has 1 aromatic heterocycles. The SMILES string of the molecule is Cc1[nH]ncc1C(=O)NC1CCCCC1. The lowest BCUT2D eigenvalue weighted by Crippen LogP contribution is -2.36. The van der Waals surface area contributed by atoms with Gasteiger partial charge in [-0.15, -0.1) is 0 Å². The first-order valence-electron chi connectivity index (χ1n) is 5.58. The van der Waals surface area contributed by atoms with Crippen LogP contribution in [-0.4, -0.2) is 22.1 Å². The van der Waals surface area contributed by atoms with Crippen LogP contribution in [0, 0.1) is 6.92 Å². The second-order valence-corrected chi connectivity index (χ2v) is 4.22. The summed E-state index contributed by atoms with van der Waals surface area (Å²) in [5, 5.41) is 9.69. The third kappa shape index (κ3) is 2.37. The summed E-state index contributed by atoms with van der Waals surface area (Å²) in [6.45, 7) is 1.86. The fraction of sp³-hybridized carbons (Fsp3) is 0.636. The Hall–Kier alpha value is -1.32. The van der Waals surface area contributed by atoms with Crippen molar-refractivity contribution in [1.82, 2.24) is 15.5 Å². The molecule has 0 radical (unpaired) electrons. The van der Waals surface area contributed by atoms with Crippen LogP contribution in [0.5, 0.6) is 0 Å². The third-order valence-electron chi connectivity index (χ3n) is 3.01. The van der Waals surface area contributed by atoms with Crippen molar-refractivity contribution in [2.45, 2.75) is 45.1 Å². The Labute approximate surface area is 89.5 Å². The third-order valence-corrected chi connectivity index (χ3v) is 3.01. The van der Waals surface area contributed by atoms with Gasteiger partial charge in [0.15, 0.2) is 0 Å². The van der Waals surface area contributed by atoms with E-state index in [2.05, 4.69) is 15.5 Å². The van der Waals surface area contributed by atoms with Gasteiger partial charge in [-0.25, -0.2) is 0 Å². The molecule has 82 valence electrons. The molecule has 0 aliphatic heterocycles. The van der Waals surface area contributed by atoms with Crippen LogP contribution in [-0.2, 0) is 0 Å². The number of nitrogens with one attached hydrogen (secondary N) is 2. The Kier molecular flexibility index (Phi) is 3.04. The maximum atomic E-state index is 11.8. The highest BCUT2D eigenvalue weighted by atomic mass is 16.1. The predicted molar refractivity (Wildman–Crippen MR) is 57.7 cm³/mol. The van der Waals surface area contributed by atoms with Crippen molar-refractivity contribution >= 4 is 5.91 Å². The van der Waals surface area contributed by atoms with E-state index in [0.29, 0.717) is 11.6 Å². The Bertz CT molecular complexity index is 339. The number of rotatable bonds is 2. The molecule has 0 atom stereocenters. The van der Waals surface area contributed by atoms with Crippen molar-refractivity contribution in [3.63, 3.8) is 0 Å². The molecular weight excluding hydrogens is 190 g/mol. The van der Waals surface area contributed by atoms with Gasteiger partial charge in [-0.1, -0.05) is 19.3 Å². The maximum Gasteiger partial charge on any atom is 0.254 e. The average Bonchev–Trinajstić information content (AvgIpc) is 2.66. The van der Waals surface area contributed by atoms with Crippen LogP contribution in [0.4, 0.5) is 0 Å². The average molecular weight is 207 g/mol. The van der Waals surface area contributed by atoms with Crippen molar-refractivity contribution < 1.29 is 4.79 Å². The molecule has 15 heavy (non-hydrogen) atoms. The van der Waals surface area contributed by atoms with Crippen LogP contribution in [0.1, 0.15) is 48.2 Å². The van der Waals surface area contributed by atoms with E-state index in [-0.39, 0.29) is 5.91 Å². The zero-order chi connectivity index (χ0) is 10.7. The molecule has 1 amide bonds. The minimum absolute atomic E-state index is 0.00755. The lowest BCUT2D eigenvalue weighted by molar-refractivity contribution is 0.0927. The standard InChI is InChI=1S/C11H17N3O/c1-8-10(7-12-14-8)11(15)13-9-5-3-2-4-6-9/h7,9H,2-6H2,1H3,(H,12,14)(H,13,15). The molecule has 1 aliphatic carbocycles. The number of H-pyrrole nitrogens is 1. The lowest BCUT2D eigenvalue weighted by Gasteiger charge is -2.22. The Morgan fingerprint density at radius 1 is 1.47 bits per heavy atom. The van der Waals surface area contributed by atoms with Gasteiger partial charge in [0.1, 0.15) is 0 Å². The summed E-state index contributed by atoms with van der Waals surface area (Å²) in [5.41, 5.74) is 1.50. The van der Waals surface area contributed by atoms with Crippen molar-refractivity contribution in [2.75, 3.05) is 0 Å². The molecule has 0 bridgehead atoms. The molecular formula is C11H17N3O. The highest BCUT2D eigenvalue weighted by Gasteiger charge is 2.18. The van der Waals surface area contributed by atoms with Crippen LogP contribution < -0.4 is 5.32 Å². The molecule has 0 aromatic carbocycles. The van der Waals surface area contributed by atoms with Crippen molar-refractivity contribution in [3.8, 4) is 0 Å². The van der Waals surface area contributed by atoms with Gasteiger partial charge in [0.25, 0.3) is 5.91 Å². The highest BCUT2D eigenvalue weighted by molar-refractivity contribution is 5.95. The predicted octanol–water partition coefficient (Wildman–Crippen LogP) is 1.78. The topological polar surface area (TPSA) is 57.8 Å². The molecule has 4 heteroatoms. The molecule has 1 aromatic rings. The zero-order valence-corrected chi connectivity index (χ0v) is 9.05. The van der Waals surface area contributed by atoms with Crippen LogP contribution in [0.25, 0.3) is 0 Å². The molecule has 0 saturated heterocycles. The van der Waals surface area contributed by atoms with E-state index in [0.717, 1.165) is 18.5 Å². The van der Waals surface area contributed by atoms with Crippen LogP contribution in [0.15, 0.2) is 6.20 Å². The van der Waals surface area contributed by atoms with E-state index in [9.17, 15) is 4.79 Å². The Balaban J connectivity index is 1.94. The minimum atomic E-state index is 0.00755. The molecule has 2 rings (SSSR count). The lowest BCUT2D eigenvalue weighted by atomic mass is 9.95. The Morgan fingerprint density at radius 2 is 2.20 bits per heavy atom. The quantitative estimate of drug-likeness (QED) is 0.776. The molecule has 1 aliphatic rings. The van der Waals surface area contributed by atoms with Crippen molar-refractivity contribution in [3.05, 3.63) is 17.5 Å². The van der Waals surface area contributed by atoms with Crippen LogP contribution in [0.2, 0.25) is 0 Å². The normalized spacial score (nSPS) is 17.7. The molecule has 0 spiro atoms. The first kappa shape index (κ1) is 10.2. The molecule has 1 fully saturated rings. The maximum absolute atomic E-state index is 11.8. The van der Waals surface area contributed by atoms with E-state index in [1.807, 2.05) is 6.92 Å². The monoisotopic (exact) mass is 207 g/mol. The van der Waals surface area contributed by atoms with E-state index >= 15 is 0 Å². The number of carbonyl (C=O) groups is 1. The van der Waals surface area contributed by atoms with Gasteiger partial charge in [-0.3, -0.25) is 9.89 Å². The largest absolute Gasteiger partial charge is 0.349 e. The molecule has 0 unspecified atom stereocenters. The fourth-order valence-electron chi connectivity index (χ4n) is 2.09. The van der Waals surface area contributed by atoms with E-state index in [1.54, 1.807) is 6.20 Å². The summed E-state index contributed by atoms with van der Waals surface area (Å²) in [6, 6.07) is 0.362. The number of amides is 1. The fourth-order valence-corrected chi connectivity index (χ4v) is 2.09. The first-order chi connectivity index (χ1) is 7.27. The minimum Gasteiger partial charge on any atom is -0.349 e. The number of carbonyl (C=O) groups excluding carboxylic acids is 1. The first-order valence-corrected chi connectivity index (χ1v) is 5.58. The van der Waals surface area contributed by atoms with Gasteiger partial charge in [-0.2, -0.15) is 5.10 Å². The van der Waals surface area contributed by atoms with Gasteiger partial charge < -0.3 is 5.32 Å². The second-order valence-electron chi connectivity index (χ2n) is 4.22. The number of aromatic nitrogens is 2. The smallest absolute Gasteiger partial charge is 0.254 e. The Morgan fingerprint density at radius 3 is 2.80 bits per heavy atom. The summed E-state index contributed by atoms with van der Waals surface area (Å²) in [7, 11) is 0. The number of aromatic amines is 1. The summed E-state index contributed by atoms with van der Waals surface area (Å²) in [4.78, 5) is 11.8. The molecule has 1 heterocycles. The zero-order valence-electron chi connectivity index (χ0n) is 9.05. The number of aryl methyl sites for hydroxylation is 1. The van der Waals surface area contributed by atoms with Crippen LogP contribution in [0.3, 0.4) is 0 Å². The summed E-state index contributed by atoms with van der Waals surface area (Å²) >= 11 is 0. The van der Waals surface area contributed by atoms with E-state index in [4.69, 9.17) is 0 Å². The summed E-state index contributed by atoms with van der Waals surface area (Å²) in [6.07, 6.45) is 7.58. The van der Waals surface area contributed by atoms with Crippen molar-refractivity contribution in [1.29, 1.82) is 0 Å². The molecule has 2 N–H and O–H groups in total.